The van der Waals surface area contributed by atoms with E-state index in [9.17, 15) is 9.18 Å². The minimum absolute atomic E-state index is 0.00849. The normalized spacial score (nSPS) is 18.3. The first-order valence-electron chi connectivity index (χ1n) is 12.2. The number of methoxy groups -OCH3 is 2. The first-order valence-corrected chi connectivity index (χ1v) is 12.2. The maximum absolute atomic E-state index is 14.2. The highest BCUT2D eigenvalue weighted by Gasteiger charge is 2.29. The molecule has 10 nitrogen and oxygen atoms in total. The number of carbonyl (C=O) groups is 1. The number of likely N-dealkylation sites (tertiary alicyclic amines) is 1. The molecule has 190 valence electrons. The van der Waals surface area contributed by atoms with E-state index in [1.54, 1.807) is 17.0 Å². The van der Waals surface area contributed by atoms with Crippen LogP contribution in [0.15, 0.2) is 18.2 Å². The molecule has 0 radical (unpaired) electrons. The lowest BCUT2D eigenvalue weighted by Crippen LogP contribution is -2.39. The van der Waals surface area contributed by atoms with E-state index in [2.05, 4.69) is 30.5 Å². The van der Waals surface area contributed by atoms with Crippen LogP contribution in [0.4, 0.5) is 32.7 Å². The number of halogens is 1. The molecule has 1 amide bonds. The molecule has 1 unspecified atom stereocenters. The van der Waals surface area contributed by atoms with Gasteiger partial charge in [-0.05, 0) is 37.8 Å². The van der Waals surface area contributed by atoms with Gasteiger partial charge >= 0.3 is 6.09 Å². The molecule has 1 saturated carbocycles. The van der Waals surface area contributed by atoms with E-state index in [1.165, 1.54) is 39.5 Å². The van der Waals surface area contributed by atoms with E-state index in [0.717, 1.165) is 25.7 Å². The average Bonchev–Trinajstić information content (AvgIpc) is 3.36. The van der Waals surface area contributed by atoms with Crippen LogP contribution in [0.2, 0.25) is 0 Å². The molecule has 0 spiro atoms. The van der Waals surface area contributed by atoms with Crippen LogP contribution in [-0.2, 0) is 4.74 Å². The first kappa shape index (κ1) is 24.7. The van der Waals surface area contributed by atoms with Crippen molar-refractivity contribution in [3.63, 3.8) is 0 Å². The molecule has 2 N–H and O–H groups in total. The van der Waals surface area contributed by atoms with Crippen molar-refractivity contribution in [3.05, 3.63) is 24.0 Å². The van der Waals surface area contributed by atoms with Crippen LogP contribution in [0.5, 0.6) is 5.75 Å². The third-order valence-electron chi connectivity index (χ3n) is 6.75. The molecule has 4 rings (SSSR count). The fourth-order valence-electron chi connectivity index (χ4n) is 4.78. The summed E-state index contributed by atoms with van der Waals surface area (Å²) in [5.41, 5.74) is 0.499. The Labute approximate surface area is 205 Å². The van der Waals surface area contributed by atoms with E-state index >= 15 is 0 Å². The van der Waals surface area contributed by atoms with Gasteiger partial charge in [-0.2, -0.15) is 15.0 Å². The van der Waals surface area contributed by atoms with Gasteiger partial charge in [-0.1, -0.05) is 19.3 Å². The summed E-state index contributed by atoms with van der Waals surface area (Å²) in [6.45, 7) is 1.16. The van der Waals surface area contributed by atoms with E-state index in [-0.39, 0.29) is 17.9 Å². The zero-order chi connectivity index (χ0) is 24.8. The number of rotatable bonds is 8. The summed E-state index contributed by atoms with van der Waals surface area (Å²) in [7, 11) is 4.82. The second kappa shape index (κ2) is 11.4. The van der Waals surface area contributed by atoms with Crippen LogP contribution >= 0.6 is 0 Å². The number of amides is 1. The van der Waals surface area contributed by atoms with Crippen molar-refractivity contribution in [2.45, 2.75) is 57.0 Å². The van der Waals surface area contributed by atoms with Gasteiger partial charge in [-0.15, -0.1) is 0 Å². The number of anilines is 4. The third kappa shape index (κ3) is 6.01. The SMILES string of the molecule is COC(=O)N1CCCC1CNc1nc(Nc2ccc(OC)c(F)c2)nc(N(C)C2CCCCC2)n1. The molecule has 1 saturated heterocycles. The molecule has 35 heavy (non-hydrogen) atoms. The highest BCUT2D eigenvalue weighted by Crippen LogP contribution is 2.27. The Morgan fingerprint density at radius 1 is 1.11 bits per heavy atom. The standard InChI is InChI=1S/C24H34FN7O3/c1-31(17-8-5-4-6-9-17)23-29-21(26-15-18-10-7-13-32(18)24(33)35-3)28-22(30-23)27-16-11-12-20(34-2)19(25)14-16/h11-12,14,17-18H,4-10,13,15H2,1-3H3,(H2,26,27,28,29,30). The summed E-state index contributed by atoms with van der Waals surface area (Å²) in [4.78, 5) is 29.7. The smallest absolute Gasteiger partial charge is 0.409 e. The van der Waals surface area contributed by atoms with Crippen LogP contribution in [0.1, 0.15) is 44.9 Å². The van der Waals surface area contributed by atoms with Gasteiger partial charge in [0.25, 0.3) is 0 Å². The number of hydrogen-bond acceptors (Lipinski definition) is 9. The molecule has 1 aromatic carbocycles. The predicted octanol–water partition coefficient (Wildman–Crippen LogP) is 4.17. The number of nitrogens with one attached hydrogen (secondary N) is 2. The minimum Gasteiger partial charge on any atom is -0.494 e. The van der Waals surface area contributed by atoms with Crippen LogP contribution < -0.4 is 20.3 Å². The molecule has 1 aliphatic heterocycles. The van der Waals surface area contributed by atoms with Crippen molar-refractivity contribution in [2.24, 2.45) is 0 Å². The Kier molecular flexibility index (Phi) is 8.04. The monoisotopic (exact) mass is 487 g/mol. The number of ether oxygens (including phenoxy) is 2. The molecule has 2 fully saturated rings. The van der Waals surface area contributed by atoms with Gasteiger partial charge in [0.2, 0.25) is 17.8 Å². The van der Waals surface area contributed by atoms with Crippen molar-refractivity contribution in [1.82, 2.24) is 19.9 Å². The number of nitrogens with zero attached hydrogens (tertiary/aromatic N) is 5. The fourth-order valence-corrected chi connectivity index (χ4v) is 4.78. The van der Waals surface area contributed by atoms with Crippen molar-refractivity contribution in [2.75, 3.05) is 49.9 Å². The summed E-state index contributed by atoms with van der Waals surface area (Å²) in [6, 6.07) is 4.94. The molecule has 2 aliphatic rings. The van der Waals surface area contributed by atoms with Crippen LogP contribution in [0.3, 0.4) is 0 Å². The van der Waals surface area contributed by atoms with Gasteiger partial charge in [0, 0.05) is 37.9 Å². The van der Waals surface area contributed by atoms with Crippen LogP contribution in [-0.4, -0.2) is 72.4 Å². The topological polar surface area (TPSA) is 105 Å². The molecule has 2 heterocycles. The quantitative estimate of drug-likeness (QED) is 0.567. The fraction of sp³-hybridized carbons (Fsp3) is 0.583. The highest BCUT2D eigenvalue weighted by molar-refractivity contribution is 5.68. The molecule has 1 aromatic heterocycles. The maximum atomic E-state index is 14.2. The Morgan fingerprint density at radius 3 is 2.60 bits per heavy atom. The Morgan fingerprint density at radius 2 is 1.89 bits per heavy atom. The summed E-state index contributed by atoms with van der Waals surface area (Å²) in [6.07, 6.45) is 7.27. The van der Waals surface area contributed by atoms with Gasteiger partial charge in [0.1, 0.15) is 0 Å². The second-order valence-corrected chi connectivity index (χ2v) is 9.00. The van der Waals surface area contributed by atoms with Gasteiger partial charge < -0.3 is 29.9 Å². The Bertz CT molecular complexity index is 1020. The summed E-state index contributed by atoms with van der Waals surface area (Å²) < 4.78 is 24.1. The molecule has 1 aliphatic carbocycles. The summed E-state index contributed by atoms with van der Waals surface area (Å²) >= 11 is 0. The van der Waals surface area contributed by atoms with Gasteiger partial charge in [0.15, 0.2) is 11.6 Å². The predicted molar refractivity (Wildman–Crippen MR) is 132 cm³/mol. The van der Waals surface area contributed by atoms with Crippen molar-refractivity contribution in [1.29, 1.82) is 0 Å². The number of aromatic nitrogens is 3. The Hall–Kier alpha value is -3.37. The molecular weight excluding hydrogens is 453 g/mol. The number of carbonyl (C=O) groups excluding carboxylic acids is 1. The molecule has 2 aromatic rings. The molecule has 0 bridgehead atoms. The van der Waals surface area contributed by atoms with Crippen molar-refractivity contribution < 1.29 is 18.7 Å². The zero-order valence-electron chi connectivity index (χ0n) is 20.6. The second-order valence-electron chi connectivity index (χ2n) is 9.00. The van der Waals surface area contributed by atoms with Gasteiger partial charge in [-0.3, -0.25) is 0 Å². The molecule has 1 atom stereocenters. The maximum Gasteiger partial charge on any atom is 0.409 e. The lowest BCUT2D eigenvalue weighted by molar-refractivity contribution is 0.120. The summed E-state index contributed by atoms with van der Waals surface area (Å²) in [5, 5.41) is 6.37. The van der Waals surface area contributed by atoms with E-state index in [1.807, 2.05) is 7.05 Å². The highest BCUT2D eigenvalue weighted by atomic mass is 19.1. The lowest BCUT2D eigenvalue weighted by atomic mass is 9.95. The largest absolute Gasteiger partial charge is 0.494 e. The third-order valence-corrected chi connectivity index (χ3v) is 6.75. The van der Waals surface area contributed by atoms with E-state index in [0.29, 0.717) is 42.7 Å². The lowest BCUT2D eigenvalue weighted by Gasteiger charge is -2.31. The van der Waals surface area contributed by atoms with Crippen molar-refractivity contribution >= 4 is 29.6 Å². The number of hydrogen-bond donors (Lipinski definition) is 2. The van der Waals surface area contributed by atoms with E-state index < -0.39 is 5.82 Å². The number of benzene rings is 1. The van der Waals surface area contributed by atoms with Crippen LogP contribution in [0, 0.1) is 5.82 Å². The average molecular weight is 488 g/mol. The zero-order valence-corrected chi connectivity index (χ0v) is 20.6. The van der Waals surface area contributed by atoms with Gasteiger partial charge in [-0.25, -0.2) is 9.18 Å². The van der Waals surface area contributed by atoms with Gasteiger partial charge in [0.05, 0.1) is 20.3 Å². The van der Waals surface area contributed by atoms with Crippen LogP contribution in [0.25, 0.3) is 0 Å². The summed E-state index contributed by atoms with van der Waals surface area (Å²) in [5.74, 6) is 0.931. The first-order chi connectivity index (χ1) is 17.0. The minimum atomic E-state index is -0.478. The van der Waals surface area contributed by atoms with Crippen molar-refractivity contribution in [3.8, 4) is 5.75 Å². The Balaban J connectivity index is 1.55. The van der Waals surface area contributed by atoms with E-state index in [4.69, 9.17) is 9.47 Å². The molecule has 11 heteroatoms. The molecular formula is C24H34FN7O3.